The fourth-order valence-electron chi connectivity index (χ4n) is 4.66. The Morgan fingerprint density at radius 2 is 1.66 bits per heavy atom. The molecule has 3 heterocycles. The molecule has 0 saturated carbocycles. The molecule has 5 heteroatoms. The Morgan fingerprint density at radius 3 is 2.41 bits per heavy atom. The van der Waals surface area contributed by atoms with Crippen molar-refractivity contribution in [3.63, 3.8) is 0 Å². The Morgan fingerprint density at radius 1 is 0.875 bits per heavy atom. The van der Waals surface area contributed by atoms with Crippen LogP contribution in [0.25, 0.3) is 27.7 Å². The molecule has 5 nitrogen and oxygen atoms in total. The number of rotatable bonds is 6. The van der Waals surface area contributed by atoms with Gasteiger partial charge in [-0.3, -0.25) is 9.36 Å². The van der Waals surface area contributed by atoms with E-state index >= 15 is 0 Å². The second-order valence-corrected chi connectivity index (χ2v) is 8.86. The lowest BCUT2D eigenvalue weighted by Gasteiger charge is -2.20. The van der Waals surface area contributed by atoms with Crippen LogP contribution in [0.4, 0.5) is 0 Å². The second kappa shape index (κ2) is 8.77. The van der Waals surface area contributed by atoms with Crippen LogP contribution < -0.4 is 5.56 Å². The minimum Gasteiger partial charge on any atom is -0.390 e. The first-order chi connectivity index (χ1) is 15.6. The number of pyridine rings is 1. The highest BCUT2D eigenvalue weighted by atomic mass is 16.3. The number of nitrogens with zero attached hydrogens (tertiary/aromatic N) is 3. The molecule has 4 aromatic rings. The van der Waals surface area contributed by atoms with E-state index in [1.807, 2.05) is 54.9 Å². The third kappa shape index (κ3) is 4.27. The summed E-state index contributed by atoms with van der Waals surface area (Å²) in [7, 11) is 0. The Kier molecular flexibility index (Phi) is 5.68. The van der Waals surface area contributed by atoms with Gasteiger partial charge in [0.2, 0.25) is 0 Å². The van der Waals surface area contributed by atoms with Gasteiger partial charge in [-0.25, -0.2) is 0 Å². The van der Waals surface area contributed by atoms with E-state index < -0.39 is 0 Å². The first kappa shape index (κ1) is 20.7. The molecular weight excluding hydrogens is 398 g/mol. The van der Waals surface area contributed by atoms with Crippen molar-refractivity contribution in [2.24, 2.45) is 0 Å². The Bertz CT molecular complexity index is 1280. The number of likely N-dealkylation sites (tertiary alicyclic amines) is 1. The van der Waals surface area contributed by atoms with Crippen LogP contribution in [0.3, 0.4) is 0 Å². The number of aromatic nitrogens is 2. The average Bonchev–Trinajstić information content (AvgIpc) is 3.44. The third-order valence-electron chi connectivity index (χ3n) is 6.41. The lowest BCUT2D eigenvalue weighted by molar-refractivity contribution is 0.110. The third-order valence-corrected chi connectivity index (χ3v) is 6.41. The fourth-order valence-corrected chi connectivity index (χ4v) is 4.66. The number of hydrogen-bond donors (Lipinski definition) is 1. The molecule has 1 fully saturated rings. The molecule has 5 rings (SSSR count). The Hall–Kier alpha value is -3.15. The predicted molar refractivity (Wildman–Crippen MR) is 129 cm³/mol. The summed E-state index contributed by atoms with van der Waals surface area (Å²) in [6, 6.07) is 20.0. The van der Waals surface area contributed by atoms with Gasteiger partial charge in [0.1, 0.15) is 0 Å². The summed E-state index contributed by atoms with van der Waals surface area (Å²) in [5, 5.41) is 11.6. The quantitative estimate of drug-likeness (QED) is 0.501. The van der Waals surface area contributed by atoms with Crippen molar-refractivity contribution in [1.82, 2.24) is 14.0 Å². The van der Waals surface area contributed by atoms with Crippen LogP contribution in [0, 0.1) is 6.92 Å². The Balaban J connectivity index is 1.37. The van der Waals surface area contributed by atoms with E-state index in [0.717, 1.165) is 47.4 Å². The van der Waals surface area contributed by atoms with Crippen LogP contribution in [-0.2, 0) is 6.54 Å². The van der Waals surface area contributed by atoms with E-state index in [-0.39, 0.29) is 11.7 Å². The van der Waals surface area contributed by atoms with Gasteiger partial charge < -0.3 is 14.6 Å². The van der Waals surface area contributed by atoms with Gasteiger partial charge in [0, 0.05) is 48.1 Å². The summed E-state index contributed by atoms with van der Waals surface area (Å²) in [4.78, 5) is 15.2. The maximum Gasteiger partial charge on any atom is 0.255 e. The highest BCUT2D eigenvalue weighted by Crippen LogP contribution is 2.22. The van der Waals surface area contributed by atoms with Crippen molar-refractivity contribution in [3.05, 3.63) is 89.0 Å². The first-order valence-corrected chi connectivity index (χ1v) is 11.4. The molecule has 0 amide bonds. The van der Waals surface area contributed by atoms with Crippen LogP contribution in [0.1, 0.15) is 18.4 Å². The van der Waals surface area contributed by atoms with E-state index in [0.29, 0.717) is 6.54 Å². The summed E-state index contributed by atoms with van der Waals surface area (Å²) in [6.07, 6.45) is 5.93. The number of β-amino-alcohol motifs (C(OH)–C–C–N with tert-alkyl or cyclic N) is 1. The maximum atomic E-state index is 12.9. The zero-order chi connectivity index (χ0) is 22.1. The number of benzene rings is 2. The monoisotopic (exact) mass is 427 g/mol. The van der Waals surface area contributed by atoms with Gasteiger partial charge in [-0.15, -0.1) is 0 Å². The predicted octanol–water partition coefficient (Wildman–Crippen LogP) is 4.22. The molecule has 0 aliphatic carbocycles. The van der Waals surface area contributed by atoms with Crippen molar-refractivity contribution < 1.29 is 5.11 Å². The summed E-state index contributed by atoms with van der Waals surface area (Å²) in [5.41, 5.74) is 5.02. The minimum atomic E-state index is -0.389. The van der Waals surface area contributed by atoms with Crippen LogP contribution in [0.2, 0.25) is 0 Å². The molecule has 0 unspecified atom stereocenters. The van der Waals surface area contributed by atoms with Crippen molar-refractivity contribution in [1.29, 1.82) is 0 Å². The standard InChI is InChI=1S/C27H29N3O2/c1-20-4-6-21(7-5-20)22-11-15-30(27(32)17-22)24-8-9-26-23(16-24)10-14-29(26)19-25(31)18-28-12-2-3-13-28/h4-11,14-17,25,31H,2-3,12-13,18-19H2,1H3/t25-/m0/s1. The van der Waals surface area contributed by atoms with Crippen molar-refractivity contribution in [3.8, 4) is 16.8 Å². The molecule has 1 N–H and O–H groups in total. The zero-order valence-electron chi connectivity index (χ0n) is 18.4. The maximum absolute atomic E-state index is 12.9. The SMILES string of the molecule is Cc1ccc(-c2ccn(-c3ccc4c(ccn4C[C@@H](O)CN4CCCC4)c3)c(=O)c2)cc1. The number of fused-ring (bicyclic) bond motifs is 1. The van der Waals surface area contributed by atoms with E-state index in [1.54, 1.807) is 10.6 Å². The molecule has 0 radical (unpaired) electrons. The van der Waals surface area contributed by atoms with Crippen LogP contribution >= 0.6 is 0 Å². The molecule has 32 heavy (non-hydrogen) atoms. The molecule has 1 aliphatic rings. The van der Waals surface area contributed by atoms with E-state index in [9.17, 15) is 9.90 Å². The van der Waals surface area contributed by atoms with Gasteiger partial charge >= 0.3 is 0 Å². The van der Waals surface area contributed by atoms with Gasteiger partial charge in [0.15, 0.2) is 0 Å². The zero-order valence-corrected chi connectivity index (χ0v) is 18.4. The van der Waals surface area contributed by atoms with E-state index in [1.165, 1.54) is 18.4 Å². The van der Waals surface area contributed by atoms with Crippen LogP contribution in [0.15, 0.2) is 77.9 Å². The van der Waals surface area contributed by atoms with Crippen molar-refractivity contribution in [2.45, 2.75) is 32.4 Å². The minimum absolute atomic E-state index is 0.0529. The van der Waals surface area contributed by atoms with Crippen molar-refractivity contribution in [2.75, 3.05) is 19.6 Å². The summed E-state index contributed by atoms with van der Waals surface area (Å²) >= 11 is 0. The molecule has 0 bridgehead atoms. The van der Waals surface area contributed by atoms with Crippen LogP contribution in [0.5, 0.6) is 0 Å². The summed E-state index contributed by atoms with van der Waals surface area (Å²) < 4.78 is 3.78. The largest absolute Gasteiger partial charge is 0.390 e. The van der Waals surface area contributed by atoms with Gasteiger partial charge in [-0.2, -0.15) is 0 Å². The smallest absolute Gasteiger partial charge is 0.255 e. The lowest BCUT2D eigenvalue weighted by Crippen LogP contribution is -2.32. The normalized spacial score (nSPS) is 15.4. The molecular formula is C27H29N3O2. The van der Waals surface area contributed by atoms with Crippen LogP contribution in [-0.4, -0.2) is 44.9 Å². The van der Waals surface area contributed by atoms with E-state index in [4.69, 9.17) is 0 Å². The Labute approximate surface area is 188 Å². The first-order valence-electron chi connectivity index (χ1n) is 11.4. The number of aliphatic hydroxyl groups excluding tert-OH is 1. The molecule has 1 saturated heterocycles. The molecule has 2 aromatic heterocycles. The second-order valence-electron chi connectivity index (χ2n) is 8.86. The number of aliphatic hydroxyl groups is 1. The fraction of sp³-hybridized carbons (Fsp3) is 0.296. The van der Waals surface area contributed by atoms with Gasteiger partial charge in [-0.05, 0) is 74.3 Å². The average molecular weight is 428 g/mol. The van der Waals surface area contributed by atoms with Crippen molar-refractivity contribution >= 4 is 10.9 Å². The number of aryl methyl sites for hydroxylation is 1. The lowest BCUT2D eigenvalue weighted by atomic mass is 10.1. The molecule has 0 spiro atoms. The highest BCUT2D eigenvalue weighted by molar-refractivity contribution is 5.82. The van der Waals surface area contributed by atoms with Gasteiger partial charge in [-0.1, -0.05) is 29.8 Å². The van der Waals surface area contributed by atoms with Gasteiger partial charge in [0.05, 0.1) is 6.10 Å². The highest BCUT2D eigenvalue weighted by Gasteiger charge is 2.16. The van der Waals surface area contributed by atoms with E-state index in [2.05, 4.69) is 28.5 Å². The molecule has 164 valence electrons. The molecule has 2 aromatic carbocycles. The molecule has 1 aliphatic heterocycles. The topological polar surface area (TPSA) is 50.4 Å². The summed E-state index contributed by atoms with van der Waals surface area (Å²) in [5.74, 6) is 0. The number of hydrogen-bond acceptors (Lipinski definition) is 3. The van der Waals surface area contributed by atoms with Gasteiger partial charge in [0.25, 0.3) is 5.56 Å². The summed E-state index contributed by atoms with van der Waals surface area (Å²) in [6.45, 7) is 5.53. The molecule has 1 atom stereocenters.